The first-order valence-electron chi connectivity index (χ1n) is 17.8. The second kappa shape index (κ2) is 40.4. The first-order valence-corrected chi connectivity index (χ1v) is 17.8. The van der Waals surface area contributed by atoms with E-state index >= 15 is 0 Å². The van der Waals surface area contributed by atoms with Crippen LogP contribution in [-0.2, 0) is 61.6 Å². The van der Waals surface area contributed by atoms with Crippen LogP contribution in [0.15, 0.2) is 0 Å². The van der Waals surface area contributed by atoms with Crippen LogP contribution in [0.3, 0.4) is 0 Å². The second-order valence-electron chi connectivity index (χ2n) is 11.0. The zero-order valence-electron chi connectivity index (χ0n) is 30.6. The summed E-state index contributed by atoms with van der Waals surface area (Å²) in [5, 5.41) is 0. The molecule has 48 heavy (non-hydrogen) atoms. The summed E-state index contributed by atoms with van der Waals surface area (Å²) in [6, 6.07) is 0. The molecule has 0 aliphatic heterocycles. The van der Waals surface area contributed by atoms with E-state index in [1.54, 1.807) is 0 Å². The Morgan fingerprint density at radius 1 is 0.438 bits per heavy atom. The number of hydrogen-bond donors (Lipinski definition) is 0. The maximum atomic E-state index is 12.0. The van der Waals surface area contributed by atoms with Gasteiger partial charge in [0.15, 0.2) is 0 Å². The van der Waals surface area contributed by atoms with Gasteiger partial charge in [0.2, 0.25) is 0 Å². The first-order chi connectivity index (χ1) is 23.6. The van der Waals surface area contributed by atoms with Crippen molar-refractivity contribution in [2.75, 3.05) is 173 Å². The number of carbonyl (C=O) groups is 1. The summed E-state index contributed by atoms with van der Waals surface area (Å²) in [5.74, 6) is -0.123. The molecule has 14 nitrogen and oxygen atoms in total. The lowest BCUT2D eigenvalue weighted by molar-refractivity contribution is -0.150. The number of carbonyl (C=O) groups excluding carboxylic acids is 1. The van der Waals surface area contributed by atoms with Crippen molar-refractivity contribution in [3.05, 3.63) is 0 Å². The Bertz CT molecular complexity index is 634. The molecule has 0 fully saturated rings. The maximum Gasteiger partial charge on any atom is 0.308 e. The predicted molar refractivity (Wildman–Crippen MR) is 182 cm³/mol. The van der Waals surface area contributed by atoms with Gasteiger partial charge in [-0.15, -0.1) is 0 Å². The van der Waals surface area contributed by atoms with Gasteiger partial charge in [0, 0.05) is 6.54 Å². The van der Waals surface area contributed by atoms with Crippen LogP contribution in [0.25, 0.3) is 0 Å². The van der Waals surface area contributed by atoms with Gasteiger partial charge in [-0.05, 0) is 26.9 Å². The maximum absolute atomic E-state index is 12.0. The molecular formula is C34H69NO13. The SMILES string of the molecule is CCCCC(CC)C(=O)OCCOCCOCCOCCOCCOCCOCCOCCOCCOCCOCCOCCN(C)C. The summed E-state index contributed by atoms with van der Waals surface area (Å²) < 4.78 is 65.5. The van der Waals surface area contributed by atoms with Crippen LogP contribution < -0.4 is 0 Å². The van der Waals surface area contributed by atoms with Crippen molar-refractivity contribution in [2.24, 2.45) is 5.92 Å². The number of ether oxygens (including phenoxy) is 12. The van der Waals surface area contributed by atoms with E-state index in [1.165, 1.54) is 0 Å². The van der Waals surface area contributed by atoms with Gasteiger partial charge in [0.25, 0.3) is 0 Å². The molecule has 1 unspecified atom stereocenters. The van der Waals surface area contributed by atoms with Crippen LogP contribution in [0, 0.1) is 5.92 Å². The zero-order valence-corrected chi connectivity index (χ0v) is 30.6. The summed E-state index contributed by atoms with van der Waals surface area (Å²) in [7, 11) is 4.04. The molecular weight excluding hydrogens is 630 g/mol. The molecule has 0 aromatic rings. The van der Waals surface area contributed by atoms with Crippen LogP contribution in [0.4, 0.5) is 0 Å². The van der Waals surface area contributed by atoms with Crippen molar-refractivity contribution in [2.45, 2.75) is 39.5 Å². The summed E-state index contributed by atoms with van der Waals surface area (Å²) in [6.07, 6.45) is 3.84. The Balaban J connectivity index is 3.14. The van der Waals surface area contributed by atoms with E-state index in [0.717, 1.165) is 32.2 Å². The highest BCUT2D eigenvalue weighted by atomic mass is 16.6. The van der Waals surface area contributed by atoms with Crippen LogP contribution in [0.5, 0.6) is 0 Å². The molecule has 0 saturated heterocycles. The lowest BCUT2D eigenvalue weighted by Gasteiger charge is -2.13. The molecule has 0 aliphatic carbocycles. The predicted octanol–water partition coefficient (Wildman–Crippen LogP) is 2.49. The highest BCUT2D eigenvalue weighted by Gasteiger charge is 2.16. The van der Waals surface area contributed by atoms with Crippen LogP contribution in [0.1, 0.15) is 39.5 Å². The summed E-state index contributed by atoms with van der Waals surface area (Å²) >= 11 is 0. The van der Waals surface area contributed by atoms with Gasteiger partial charge in [-0.2, -0.15) is 0 Å². The molecule has 0 aromatic heterocycles. The average Bonchev–Trinajstić information content (AvgIpc) is 3.08. The van der Waals surface area contributed by atoms with Crippen molar-refractivity contribution in [1.29, 1.82) is 0 Å². The number of hydrogen-bond acceptors (Lipinski definition) is 14. The van der Waals surface area contributed by atoms with Gasteiger partial charge >= 0.3 is 5.97 Å². The van der Waals surface area contributed by atoms with Gasteiger partial charge < -0.3 is 61.7 Å². The van der Waals surface area contributed by atoms with E-state index in [9.17, 15) is 4.79 Å². The second-order valence-corrected chi connectivity index (χ2v) is 11.0. The molecule has 0 saturated carbocycles. The van der Waals surface area contributed by atoms with E-state index in [1.807, 2.05) is 21.0 Å². The standard InChI is InChI=1S/C34H69NO13/c1-5-7-8-33(6-2)34(36)48-32-31-47-30-29-46-28-27-45-26-25-44-24-23-43-22-21-42-20-19-41-18-17-40-16-15-39-14-13-38-12-11-37-10-9-35(3)4/h33H,5-32H2,1-4H3. The van der Waals surface area contributed by atoms with E-state index in [0.29, 0.717) is 145 Å². The molecule has 14 heteroatoms. The van der Waals surface area contributed by atoms with Gasteiger partial charge in [0.1, 0.15) is 6.61 Å². The molecule has 0 bridgehead atoms. The van der Waals surface area contributed by atoms with Crippen LogP contribution in [-0.4, -0.2) is 183 Å². The average molecular weight is 700 g/mol. The normalized spacial score (nSPS) is 12.3. The minimum atomic E-state index is -0.120. The van der Waals surface area contributed by atoms with Crippen molar-refractivity contribution in [3.63, 3.8) is 0 Å². The quantitative estimate of drug-likeness (QED) is 0.0684. The van der Waals surface area contributed by atoms with E-state index < -0.39 is 0 Å². The smallest absolute Gasteiger partial charge is 0.308 e. The summed E-state index contributed by atoms with van der Waals surface area (Å²) in [5.41, 5.74) is 0. The van der Waals surface area contributed by atoms with E-state index in [4.69, 9.17) is 56.8 Å². The van der Waals surface area contributed by atoms with Crippen molar-refractivity contribution in [1.82, 2.24) is 4.90 Å². The van der Waals surface area contributed by atoms with Gasteiger partial charge in [-0.3, -0.25) is 4.79 Å². The van der Waals surface area contributed by atoms with Crippen molar-refractivity contribution < 1.29 is 61.6 Å². The minimum Gasteiger partial charge on any atom is -0.463 e. The van der Waals surface area contributed by atoms with Gasteiger partial charge in [-0.25, -0.2) is 0 Å². The van der Waals surface area contributed by atoms with Crippen molar-refractivity contribution in [3.8, 4) is 0 Å². The summed E-state index contributed by atoms with van der Waals surface area (Å²) in [6.45, 7) is 16.7. The number of unbranched alkanes of at least 4 members (excludes halogenated alkanes) is 1. The Morgan fingerprint density at radius 2 is 0.708 bits per heavy atom. The van der Waals surface area contributed by atoms with Crippen LogP contribution in [0.2, 0.25) is 0 Å². The van der Waals surface area contributed by atoms with E-state index in [2.05, 4.69) is 11.8 Å². The number of nitrogens with zero attached hydrogens (tertiary/aromatic N) is 1. The molecule has 1 atom stereocenters. The van der Waals surface area contributed by atoms with Crippen molar-refractivity contribution >= 4 is 5.97 Å². The molecule has 0 aromatic carbocycles. The minimum absolute atomic E-state index is 0.00318. The third-order valence-corrected chi connectivity index (χ3v) is 6.61. The Kier molecular flexibility index (Phi) is 39.6. The third-order valence-electron chi connectivity index (χ3n) is 6.61. The fraction of sp³-hybridized carbons (Fsp3) is 0.971. The Hall–Kier alpha value is -1.01. The largest absolute Gasteiger partial charge is 0.463 e. The third kappa shape index (κ3) is 37.8. The lowest BCUT2D eigenvalue weighted by atomic mass is 10.00. The topological polar surface area (TPSA) is 131 Å². The lowest BCUT2D eigenvalue weighted by Crippen LogP contribution is -2.20. The molecule has 0 aliphatic rings. The monoisotopic (exact) mass is 699 g/mol. The fourth-order valence-corrected chi connectivity index (χ4v) is 3.81. The molecule has 0 radical (unpaired) electrons. The van der Waals surface area contributed by atoms with Gasteiger partial charge in [0.05, 0.1) is 151 Å². The molecule has 0 heterocycles. The first kappa shape index (κ1) is 47.0. The number of esters is 1. The van der Waals surface area contributed by atoms with Gasteiger partial charge in [-0.1, -0.05) is 26.7 Å². The fourth-order valence-electron chi connectivity index (χ4n) is 3.81. The molecule has 0 spiro atoms. The van der Waals surface area contributed by atoms with E-state index in [-0.39, 0.29) is 18.5 Å². The zero-order chi connectivity index (χ0) is 35.0. The number of likely N-dealkylation sites (N-methyl/N-ethyl adjacent to an activating group) is 1. The molecule has 0 amide bonds. The summed E-state index contributed by atoms with van der Waals surface area (Å²) in [4.78, 5) is 14.1. The number of rotatable bonds is 41. The van der Waals surface area contributed by atoms with Crippen LogP contribution >= 0.6 is 0 Å². The molecule has 0 N–H and O–H groups in total. The highest BCUT2D eigenvalue weighted by Crippen LogP contribution is 2.14. The molecule has 0 rings (SSSR count). The Labute approximate surface area is 290 Å². The highest BCUT2D eigenvalue weighted by molar-refractivity contribution is 5.72. The molecule has 288 valence electrons. The Morgan fingerprint density at radius 3 is 0.958 bits per heavy atom.